The molecule has 0 aromatic heterocycles. The molecule has 0 bridgehead atoms. The van der Waals surface area contributed by atoms with E-state index in [2.05, 4.69) is 26.0 Å². The minimum Gasteiger partial charge on any atom is -0.462 e. The molecule has 0 amide bonds. The van der Waals surface area contributed by atoms with Gasteiger partial charge in [-0.05, 0) is 52.6 Å². The van der Waals surface area contributed by atoms with E-state index in [4.69, 9.17) is 18.5 Å². The van der Waals surface area contributed by atoms with Crippen LogP contribution in [0.5, 0.6) is 0 Å². The molecule has 1 N–H and O–H groups in total. The van der Waals surface area contributed by atoms with E-state index in [1.807, 2.05) is 19.0 Å². The molecule has 0 aromatic rings. The number of hydrogen-bond acceptors (Lipinski definition) is 8. The first kappa shape index (κ1) is 49.8. The Balaban J connectivity index is 4.31. The van der Waals surface area contributed by atoms with Gasteiger partial charge in [-0.2, -0.15) is 0 Å². The van der Waals surface area contributed by atoms with Crippen molar-refractivity contribution in [2.45, 2.75) is 200 Å². The van der Waals surface area contributed by atoms with Gasteiger partial charge in [-0.3, -0.25) is 18.6 Å². The first-order valence-corrected chi connectivity index (χ1v) is 22.5. The topological polar surface area (TPSA) is 112 Å². The van der Waals surface area contributed by atoms with Crippen LogP contribution < -0.4 is 0 Å². The van der Waals surface area contributed by atoms with E-state index in [0.29, 0.717) is 19.4 Å². The number of rotatable bonds is 39. The van der Waals surface area contributed by atoms with Crippen LogP contribution in [0.1, 0.15) is 194 Å². The van der Waals surface area contributed by atoms with Gasteiger partial charge in [0.1, 0.15) is 6.61 Å². The van der Waals surface area contributed by atoms with Crippen LogP contribution in [-0.4, -0.2) is 68.3 Å². The molecule has 302 valence electrons. The zero-order valence-corrected chi connectivity index (χ0v) is 34.5. The summed E-state index contributed by atoms with van der Waals surface area (Å²) in [5.41, 5.74) is 0. The minimum absolute atomic E-state index is 0.00875. The van der Waals surface area contributed by atoms with E-state index in [0.717, 1.165) is 51.4 Å². The van der Waals surface area contributed by atoms with Crippen molar-refractivity contribution in [2.75, 3.05) is 40.5 Å². The molecule has 10 heteroatoms. The summed E-state index contributed by atoms with van der Waals surface area (Å²) in [5.74, 6) is -0.805. The third kappa shape index (κ3) is 38.3. The lowest BCUT2D eigenvalue weighted by molar-refractivity contribution is -0.161. The second-order valence-electron chi connectivity index (χ2n) is 14.5. The standard InChI is InChI=1S/C41H80NO8P/c1-5-7-9-11-13-15-17-19-20-22-24-26-28-30-32-34-41(44)50-39(38-49-51(45,46)48-36-35-42(3)4)37-47-40(43)33-31-29-27-25-23-21-18-16-14-12-10-8-6-2/h19-20,39H,5-18,21-38H2,1-4H3,(H,45,46)/b20-19-. The summed E-state index contributed by atoms with van der Waals surface area (Å²) in [6, 6.07) is 0. The van der Waals surface area contributed by atoms with Crippen molar-refractivity contribution in [3.8, 4) is 0 Å². The lowest BCUT2D eigenvalue weighted by Crippen LogP contribution is -2.29. The quantitative estimate of drug-likeness (QED) is 0.0284. The maximum absolute atomic E-state index is 12.6. The molecule has 0 saturated carbocycles. The van der Waals surface area contributed by atoms with E-state index in [9.17, 15) is 19.0 Å². The molecular weight excluding hydrogens is 665 g/mol. The molecule has 0 aromatic carbocycles. The molecule has 51 heavy (non-hydrogen) atoms. The Hall–Kier alpha value is -1.25. The van der Waals surface area contributed by atoms with Crippen molar-refractivity contribution in [3.63, 3.8) is 0 Å². The second kappa shape index (κ2) is 37.1. The predicted molar refractivity (Wildman–Crippen MR) is 211 cm³/mol. The molecular formula is C41H80NO8P. The fourth-order valence-electron chi connectivity index (χ4n) is 5.80. The summed E-state index contributed by atoms with van der Waals surface area (Å²) in [4.78, 5) is 36.9. The number of hydrogen-bond donors (Lipinski definition) is 1. The second-order valence-corrected chi connectivity index (χ2v) is 16.0. The number of phosphoric ester groups is 1. The van der Waals surface area contributed by atoms with Crippen LogP contribution in [0.25, 0.3) is 0 Å². The van der Waals surface area contributed by atoms with Crippen molar-refractivity contribution < 1.29 is 37.6 Å². The van der Waals surface area contributed by atoms with Gasteiger partial charge in [0.2, 0.25) is 0 Å². The SMILES string of the molecule is CCCCCCCC/C=C\CCCCCCCC(=O)OC(COC(=O)CCCCCCCCCCCCCCC)COP(=O)(O)OCCN(C)C. The molecule has 0 rings (SSSR count). The van der Waals surface area contributed by atoms with E-state index < -0.39 is 26.5 Å². The molecule has 2 unspecified atom stereocenters. The summed E-state index contributed by atoms with van der Waals surface area (Å²) in [5, 5.41) is 0. The molecule has 0 saturated heterocycles. The van der Waals surface area contributed by atoms with Crippen LogP contribution in [0.2, 0.25) is 0 Å². The number of carbonyl (C=O) groups is 2. The van der Waals surface area contributed by atoms with Crippen molar-refractivity contribution >= 4 is 19.8 Å². The average Bonchev–Trinajstić information content (AvgIpc) is 3.09. The molecule has 0 heterocycles. The summed E-state index contributed by atoms with van der Waals surface area (Å²) in [7, 11) is -0.707. The van der Waals surface area contributed by atoms with Crippen molar-refractivity contribution in [1.82, 2.24) is 4.90 Å². The highest BCUT2D eigenvalue weighted by atomic mass is 31.2. The first-order valence-electron chi connectivity index (χ1n) is 21.0. The lowest BCUT2D eigenvalue weighted by atomic mass is 10.0. The molecule has 9 nitrogen and oxygen atoms in total. The Kier molecular flexibility index (Phi) is 36.2. The van der Waals surface area contributed by atoms with Crippen molar-refractivity contribution in [3.05, 3.63) is 12.2 Å². The van der Waals surface area contributed by atoms with Gasteiger partial charge < -0.3 is 19.3 Å². The lowest BCUT2D eigenvalue weighted by Gasteiger charge is -2.20. The largest absolute Gasteiger partial charge is 0.472 e. The van der Waals surface area contributed by atoms with E-state index in [-0.39, 0.29) is 25.6 Å². The predicted octanol–water partition coefficient (Wildman–Crippen LogP) is 11.7. The molecule has 0 aliphatic heterocycles. The van der Waals surface area contributed by atoms with Crippen LogP contribution >= 0.6 is 7.82 Å². The molecule has 0 aliphatic carbocycles. The highest BCUT2D eigenvalue weighted by Crippen LogP contribution is 2.43. The van der Waals surface area contributed by atoms with Gasteiger partial charge in [-0.1, -0.05) is 154 Å². The highest BCUT2D eigenvalue weighted by molar-refractivity contribution is 7.47. The van der Waals surface area contributed by atoms with Crippen LogP contribution in [0.4, 0.5) is 0 Å². The fourth-order valence-corrected chi connectivity index (χ4v) is 6.54. The zero-order chi connectivity index (χ0) is 37.7. The van der Waals surface area contributed by atoms with Crippen LogP contribution in [-0.2, 0) is 32.7 Å². The third-order valence-electron chi connectivity index (χ3n) is 9.07. The van der Waals surface area contributed by atoms with Crippen molar-refractivity contribution in [2.24, 2.45) is 0 Å². The van der Waals surface area contributed by atoms with Gasteiger partial charge in [0.05, 0.1) is 13.2 Å². The number of carbonyl (C=O) groups excluding carboxylic acids is 2. The van der Waals surface area contributed by atoms with Gasteiger partial charge >= 0.3 is 19.8 Å². The zero-order valence-electron chi connectivity index (χ0n) is 33.6. The smallest absolute Gasteiger partial charge is 0.462 e. The monoisotopic (exact) mass is 746 g/mol. The van der Waals surface area contributed by atoms with Crippen LogP contribution in [0.3, 0.4) is 0 Å². The molecule has 0 aliphatic rings. The summed E-state index contributed by atoms with van der Waals surface area (Å²) in [6.45, 7) is 4.32. The Morgan fingerprint density at radius 3 is 1.45 bits per heavy atom. The number of likely N-dealkylation sites (N-methyl/N-ethyl adjacent to an activating group) is 1. The number of allylic oxidation sites excluding steroid dienone is 2. The third-order valence-corrected chi connectivity index (χ3v) is 10.1. The summed E-state index contributed by atoms with van der Waals surface area (Å²) in [6.07, 6.45) is 35.3. The number of unbranched alkanes of at least 4 members (excludes halogenated alkanes) is 23. The van der Waals surface area contributed by atoms with Gasteiger partial charge in [-0.25, -0.2) is 4.57 Å². The van der Waals surface area contributed by atoms with Gasteiger partial charge in [-0.15, -0.1) is 0 Å². The van der Waals surface area contributed by atoms with Crippen LogP contribution in [0.15, 0.2) is 12.2 Å². The summed E-state index contributed by atoms with van der Waals surface area (Å²) < 4.78 is 33.4. The highest BCUT2D eigenvalue weighted by Gasteiger charge is 2.26. The van der Waals surface area contributed by atoms with Gasteiger partial charge in [0, 0.05) is 19.4 Å². The van der Waals surface area contributed by atoms with Crippen molar-refractivity contribution in [1.29, 1.82) is 0 Å². The maximum atomic E-state index is 12.6. The fraction of sp³-hybridized carbons (Fsp3) is 0.902. The molecule has 0 fully saturated rings. The molecule has 0 radical (unpaired) electrons. The average molecular weight is 746 g/mol. The first-order chi connectivity index (χ1) is 24.7. The molecule has 0 spiro atoms. The number of ether oxygens (including phenoxy) is 2. The van der Waals surface area contributed by atoms with E-state index >= 15 is 0 Å². The Bertz CT molecular complexity index is 869. The number of phosphoric acid groups is 1. The Labute approximate surface area is 314 Å². The Morgan fingerprint density at radius 1 is 0.588 bits per heavy atom. The minimum atomic E-state index is -4.35. The van der Waals surface area contributed by atoms with Crippen LogP contribution in [0, 0.1) is 0 Å². The maximum Gasteiger partial charge on any atom is 0.472 e. The number of nitrogens with zero attached hydrogens (tertiary/aromatic N) is 1. The van der Waals surface area contributed by atoms with Gasteiger partial charge in [0.25, 0.3) is 0 Å². The number of esters is 2. The van der Waals surface area contributed by atoms with Gasteiger partial charge in [0.15, 0.2) is 6.10 Å². The molecule has 2 atom stereocenters. The Morgan fingerprint density at radius 2 is 1.00 bits per heavy atom. The summed E-state index contributed by atoms with van der Waals surface area (Å²) >= 11 is 0. The van der Waals surface area contributed by atoms with E-state index in [1.54, 1.807) is 0 Å². The normalized spacial score (nSPS) is 13.5. The van der Waals surface area contributed by atoms with E-state index in [1.165, 1.54) is 109 Å².